The summed E-state index contributed by atoms with van der Waals surface area (Å²) in [5, 5.41) is 12.8. The van der Waals surface area contributed by atoms with Crippen LogP contribution in [0.3, 0.4) is 0 Å². The summed E-state index contributed by atoms with van der Waals surface area (Å²) in [5.41, 5.74) is 2.98. The van der Waals surface area contributed by atoms with E-state index in [1.54, 1.807) is 23.7 Å². The first kappa shape index (κ1) is 9.74. The lowest BCUT2D eigenvalue weighted by Crippen LogP contribution is -1.91. The number of aromatic nitrogens is 4. The van der Waals surface area contributed by atoms with E-state index in [2.05, 4.69) is 32.9 Å². The fraction of sp³-hybridized carbons (Fsp3) is 0.100. The highest BCUT2D eigenvalue weighted by Gasteiger charge is 2.11. The first-order chi connectivity index (χ1) is 7.75. The molecule has 0 bridgehead atoms. The van der Waals surface area contributed by atoms with Crippen molar-refractivity contribution in [3.05, 3.63) is 33.9 Å². The Kier molecular flexibility index (Phi) is 2.15. The topological polar surface area (TPSA) is 43.1 Å². The van der Waals surface area contributed by atoms with Crippen molar-refractivity contribution in [3.63, 3.8) is 0 Å². The van der Waals surface area contributed by atoms with Crippen molar-refractivity contribution in [1.29, 1.82) is 0 Å². The highest BCUT2D eigenvalue weighted by Crippen LogP contribution is 2.25. The Morgan fingerprint density at radius 2 is 2.19 bits per heavy atom. The third-order valence-electron chi connectivity index (χ3n) is 2.36. The average molecular weight is 251 g/mol. The molecule has 3 heterocycles. The fourth-order valence-corrected chi connectivity index (χ4v) is 2.51. The van der Waals surface area contributed by atoms with E-state index in [1.807, 2.05) is 4.40 Å². The standard InChI is InChI=1S/C10H7ClN4S/c1-6-3-16-4-7(6)10-14-13-9-2-8(11)12-5-15(9)10/h2-5H,1H3. The normalized spacial score (nSPS) is 11.1. The van der Waals surface area contributed by atoms with Crippen molar-refractivity contribution in [2.24, 2.45) is 0 Å². The minimum Gasteiger partial charge on any atom is -0.265 e. The van der Waals surface area contributed by atoms with Crippen LogP contribution in [0.4, 0.5) is 0 Å². The number of nitrogens with zero attached hydrogens (tertiary/aromatic N) is 4. The molecule has 0 spiro atoms. The molecular formula is C10H7ClN4S. The van der Waals surface area contributed by atoms with Gasteiger partial charge in [-0.05, 0) is 17.9 Å². The molecule has 0 fully saturated rings. The minimum atomic E-state index is 0.425. The van der Waals surface area contributed by atoms with Crippen LogP contribution in [0.1, 0.15) is 5.56 Å². The predicted octanol–water partition coefficient (Wildman–Crippen LogP) is 2.81. The second-order valence-corrected chi connectivity index (χ2v) is 4.56. The molecule has 4 nitrogen and oxygen atoms in total. The summed E-state index contributed by atoms with van der Waals surface area (Å²) >= 11 is 7.44. The zero-order valence-corrected chi connectivity index (χ0v) is 9.96. The summed E-state index contributed by atoms with van der Waals surface area (Å²) in [6, 6.07) is 1.69. The summed E-state index contributed by atoms with van der Waals surface area (Å²) in [5.74, 6) is 0.804. The predicted molar refractivity (Wildman–Crippen MR) is 63.8 cm³/mol. The molecule has 0 radical (unpaired) electrons. The second-order valence-electron chi connectivity index (χ2n) is 3.43. The molecule has 0 unspecified atom stereocenters. The van der Waals surface area contributed by atoms with Crippen LogP contribution < -0.4 is 0 Å². The number of aryl methyl sites for hydroxylation is 1. The summed E-state index contributed by atoms with van der Waals surface area (Å²) in [4.78, 5) is 4.03. The van der Waals surface area contributed by atoms with Crippen molar-refractivity contribution in [2.45, 2.75) is 6.92 Å². The largest absolute Gasteiger partial charge is 0.265 e. The van der Waals surface area contributed by atoms with E-state index < -0.39 is 0 Å². The highest BCUT2D eigenvalue weighted by molar-refractivity contribution is 7.08. The van der Waals surface area contributed by atoms with Crippen LogP contribution in [0.2, 0.25) is 5.15 Å². The van der Waals surface area contributed by atoms with Crippen LogP contribution >= 0.6 is 22.9 Å². The summed E-state index contributed by atoms with van der Waals surface area (Å²) in [6.07, 6.45) is 1.64. The zero-order valence-electron chi connectivity index (χ0n) is 8.38. The van der Waals surface area contributed by atoms with E-state index in [0.717, 1.165) is 11.4 Å². The van der Waals surface area contributed by atoms with Gasteiger partial charge in [0.2, 0.25) is 0 Å². The first-order valence-electron chi connectivity index (χ1n) is 4.65. The number of hydrogen-bond acceptors (Lipinski definition) is 4. The molecule has 0 saturated carbocycles. The van der Waals surface area contributed by atoms with Crippen LogP contribution in [-0.4, -0.2) is 19.6 Å². The van der Waals surface area contributed by atoms with Crippen molar-refractivity contribution >= 4 is 28.6 Å². The van der Waals surface area contributed by atoms with Crippen molar-refractivity contribution in [2.75, 3.05) is 0 Å². The molecule has 0 aliphatic heterocycles. The van der Waals surface area contributed by atoms with Gasteiger partial charge < -0.3 is 0 Å². The lowest BCUT2D eigenvalue weighted by molar-refractivity contribution is 1.08. The zero-order chi connectivity index (χ0) is 11.1. The Morgan fingerprint density at radius 3 is 2.94 bits per heavy atom. The molecule has 80 valence electrons. The second kappa shape index (κ2) is 3.54. The SMILES string of the molecule is Cc1cscc1-c1nnc2cc(Cl)ncn12. The van der Waals surface area contributed by atoms with E-state index in [9.17, 15) is 0 Å². The minimum absolute atomic E-state index is 0.425. The monoisotopic (exact) mass is 250 g/mol. The molecule has 0 aliphatic carbocycles. The van der Waals surface area contributed by atoms with Gasteiger partial charge in [0.1, 0.15) is 11.5 Å². The molecule has 3 aromatic heterocycles. The van der Waals surface area contributed by atoms with Gasteiger partial charge in [-0.25, -0.2) is 4.98 Å². The quantitative estimate of drug-likeness (QED) is 0.624. The molecular weight excluding hydrogens is 244 g/mol. The van der Waals surface area contributed by atoms with Gasteiger partial charge in [-0.2, -0.15) is 11.3 Å². The van der Waals surface area contributed by atoms with Crippen LogP contribution in [0, 0.1) is 6.92 Å². The summed E-state index contributed by atoms with van der Waals surface area (Å²) in [6.45, 7) is 2.05. The molecule has 0 aliphatic rings. The van der Waals surface area contributed by atoms with E-state index in [1.165, 1.54) is 5.56 Å². The van der Waals surface area contributed by atoms with Gasteiger partial charge in [-0.3, -0.25) is 4.40 Å². The first-order valence-corrected chi connectivity index (χ1v) is 5.97. The summed E-state index contributed by atoms with van der Waals surface area (Å²) in [7, 11) is 0. The Bertz CT molecular complexity index is 658. The van der Waals surface area contributed by atoms with E-state index in [-0.39, 0.29) is 0 Å². The van der Waals surface area contributed by atoms with Gasteiger partial charge in [0.05, 0.1) is 0 Å². The van der Waals surface area contributed by atoms with Crippen LogP contribution in [0.25, 0.3) is 17.0 Å². The Labute approximate surface area is 101 Å². The third-order valence-corrected chi connectivity index (χ3v) is 3.43. The Hall–Kier alpha value is -1.46. The van der Waals surface area contributed by atoms with Gasteiger partial charge in [0, 0.05) is 17.0 Å². The number of fused-ring (bicyclic) bond motifs is 1. The summed E-state index contributed by atoms with van der Waals surface area (Å²) < 4.78 is 1.83. The van der Waals surface area contributed by atoms with Gasteiger partial charge in [-0.15, -0.1) is 10.2 Å². The maximum atomic E-state index is 5.79. The molecule has 16 heavy (non-hydrogen) atoms. The fourth-order valence-electron chi connectivity index (χ4n) is 1.55. The van der Waals surface area contributed by atoms with E-state index >= 15 is 0 Å². The van der Waals surface area contributed by atoms with Crippen molar-refractivity contribution in [3.8, 4) is 11.4 Å². The van der Waals surface area contributed by atoms with Crippen LogP contribution in [-0.2, 0) is 0 Å². The van der Waals surface area contributed by atoms with Gasteiger partial charge in [-0.1, -0.05) is 11.6 Å². The highest BCUT2D eigenvalue weighted by atomic mass is 35.5. The molecule has 3 aromatic rings. The van der Waals surface area contributed by atoms with Crippen LogP contribution in [0.15, 0.2) is 23.2 Å². The average Bonchev–Trinajstić information content (AvgIpc) is 2.83. The molecule has 0 N–H and O–H groups in total. The molecule has 0 saturated heterocycles. The Morgan fingerprint density at radius 1 is 1.31 bits per heavy atom. The number of rotatable bonds is 1. The van der Waals surface area contributed by atoms with Gasteiger partial charge in [0.25, 0.3) is 0 Å². The van der Waals surface area contributed by atoms with Crippen molar-refractivity contribution < 1.29 is 0 Å². The smallest absolute Gasteiger partial charge is 0.170 e. The maximum absolute atomic E-state index is 5.79. The van der Waals surface area contributed by atoms with Crippen molar-refractivity contribution in [1.82, 2.24) is 19.6 Å². The maximum Gasteiger partial charge on any atom is 0.170 e. The number of halogens is 1. The molecule has 3 rings (SSSR count). The third kappa shape index (κ3) is 1.40. The lowest BCUT2D eigenvalue weighted by atomic mass is 10.2. The number of hydrogen-bond donors (Lipinski definition) is 0. The molecule has 0 aromatic carbocycles. The van der Waals surface area contributed by atoms with Gasteiger partial charge >= 0.3 is 0 Å². The Balaban J connectivity index is 2.30. The van der Waals surface area contributed by atoms with Gasteiger partial charge in [0.15, 0.2) is 11.5 Å². The van der Waals surface area contributed by atoms with E-state index in [0.29, 0.717) is 10.8 Å². The lowest BCUT2D eigenvalue weighted by Gasteiger charge is -1.98. The van der Waals surface area contributed by atoms with Crippen LogP contribution in [0.5, 0.6) is 0 Å². The molecule has 0 amide bonds. The van der Waals surface area contributed by atoms with E-state index in [4.69, 9.17) is 11.6 Å². The number of thiophene rings is 1. The molecule has 0 atom stereocenters. The molecule has 6 heteroatoms.